The van der Waals surface area contributed by atoms with Crippen molar-refractivity contribution < 1.29 is 14.3 Å². The first-order valence-electron chi connectivity index (χ1n) is 11.9. The van der Waals surface area contributed by atoms with Crippen molar-refractivity contribution in [2.24, 2.45) is 0 Å². The maximum atomic E-state index is 13.4. The summed E-state index contributed by atoms with van der Waals surface area (Å²) >= 11 is 0. The van der Waals surface area contributed by atoms with Crippen molar-refractivity contribution >= 4 is 16.7 Å². The first-order chi connectivity index (χ1) is 15.3. The second-order valence-corrected chi connectivity index (χ2v) is 10.4. The number of Topliss-reactive ketones (excluding diaryl/α,β-unsaturated/α-hetero) is 1. The Kier molecular flexibility index (Phi) is 5.07. The van der Waals surface area contributed by atoms with E-state index in [0.717, 1.165) is 42.0 Å². The number of hydrogen-bond acceptors (Lipinski definition) is 3. The van der Waals surface area contributed by atoms with Crippen LogP contribution >= 0.6 is 0 Å². The number of benzene rings is 2. The van der Waals surface area contributed by atoms with Gasteiger partial charge in [-0.25, -0.2) is 0 Å². The molecule has 4 heteroatoms. The molecule has 1 aliphatic heterocycles. The van der Waals surface area contributed by atoms with Crippen molar-refractivity contribution in [3.05, 3.63) is 59.3 Å². The molecule has 0 amide bonds. The number of ketones is 1. The SMILES string of the molecule is CCCCn1c(C(C)(C)C)cc2cc(CC(=O)C3(c4ccc5c(c4)OCO5)CC3)ccc21. The fourth-order valence-corrected chi connectivity index (χ4v) is 5.01. The molecule has 168 valence electrons. The van der Waals surface area contributed by atoms with E-state index < -0.39 is 0 Å². The van der Waals surface area contributed by atoms with E-state index in [4.69, 9.17) is 9.47 Å². The van der Waals surface area contributed by atoms with Gasteiger partial charge in [0.05, 0.1) is 5.41 Å². The van der Waals surface area contributed by atoms with Crippen LogP contribution in [0.5, 0.6) is 11.5 Å². The van der Waals surface area contributed by atoms with Gasteiger partial charge in [-0.3, -0.25) is 4.79 Å². The summed E-state index contributed by atoms with van der Waals surface area (Å²) in [7, 11) is 0. The molecule has 4 nitrogen and oxygen atoms in total. The zero-order valence-corrected chi connectivity index (χ0v) is 19.7. The van der Waals surface area contributed by atoms with Crippen LogP contribution in [0.1, 0.15) is 70.2 Å². The standard InChI is InChI=1S/C28H33NO3/c1-5-6-13-29-22-9-7-19(14-20(22)16-25(29)27(2,3)4)15-26(30)28(11-12-28)21-8-10-23-24(17-21)32-18-31-23/h7-10,14,16-17H,5-6,11-13,15,18H2,1-4H3. The van der Waals surface area contributed by atoms with Crippen LogP contribution in [0.3, 0.4) is 0 Å². The van der Waals surface area contributed by atoms with E-state index >= 15 is 0 Å². The van der Waals surface area contributed by atoms with Crippen molar-refractivity contribution in [2.75, 3.05) is 6.79 Å². The van der Waals surface area contributed by atoms with Gasteiger partial charge in [0.25, 0.3) is 0 Å². The van der Waals surface area contributed by atoms with Crippen LogP contribution in [0.2, 0.25) is 0 Å². The molecular weight excluding hydrogens is 398 g/mol. The van der Waals surface area contributed by atoms with Crippen LogP contribution in [-0.2, 0) is 28.6 Å². The zero-order chi connectivity index (χ0) is 22.5. The Hall–Kier alpha value is -2.75. The predicted octanol–water partition coefficient (Wildman–Crippen LogP) is 6.31. The van der Waals surface area contributed by atoms with Crippen molar-refractivity contribution in [2.45, 2.75) is 77.2 Å². The Labute approximate surface area is 190 Å². The summed E-state index contributed by atoms with van der Waals surface area (Å²) in [5, 5.41) is 1.24. The van der Waals surface area contributed by atoms with Crippen molar-refractivity contribution in [3.8, 4) is 11.5 Å². The number of hydrogen-bond donors (Lipinski definition) is 0. The molecule has 0 radical (unpaired) electrons. The topological polar surface area (TPSA) is 40.5 Å². The summed E-state index contributed by atoms with van der Waals surface area (Å²) in [4.78, 5) is 13.4. The fraction of sp³-hybridized carbons (Fsp3) is 0.464. The molecule has 0 saturated heterocycles. The highest BCUT2D eigenvalue weighted by Crippen LogP contribution is 2.51. The quantitative estimate of drug-likeness (QED) is 0.440. The Morgan fingerprint density at radius 3 is 2.53 bits per heavy atom. The zero-order valence-electron chi connectivity index (χ0n) is 19.7. The van der Waals surface area contributed by atoms with Gasteiger partial charge in [-0.15, -0.1) is 0 Å². The van der Waals surface area contributed by atoms with Gasteiger partial charge in [-0.05, 0) is 60.7 Å². The third-order valence-electron chi connectivity index (χ3n) is 7.04. The molecule has 1 saturated carbocycles. The van der Waals surface area contributed by atoms with Crippen LogP contribution in [0, 0.1) is 0 Å². The first kappa shape index (κ1) is 21.1. The predicted molar refractivity (Wildman–Crippen MR) is 128 cm³/mol. The number of ether oxygens (including phenoxy) is 2. The summed E-state index contributed by atoms with van der Waals surface area (Å²) in [5.41, 5.74) is 4.52. The van der Waals surface area contributed by atoms with Gasteiger partial charge in [0.2, 0.25) is 6.79 Å². The molecule has 0 N–H and O–H groups in total. The van der Waals surface area contributed by atoms with Gasteiger partial charge in [-0.2, -0.15) is 0 Å². The van der Waals surface area contributed by atoms with Gasteiger partial charge >= 0.3 is 0 Å². The maximum absolute atomic E-state index is 13.4. The number of unbranched alkanes of at least 4 members (excludes halogenated alkanes) is 1. The second kappa shape index (κ2) is 7.68. The third kappa shape index (κ3) is 3.60. The van der Waals surface area contributed by atoms with Crippen LogP contribution in [-0.4, -0.2) is 17.1 Å². The lowest BCUT2D eigenvalue weighted by atomic mass is 9.87. The Balaban J connectivity index is 1.42. The van der Waals surface area contributed by atoms with Crippen LogP contribution in [0.25, 0.3) is 10.9 Å². The van der Waals surface area contributed by atoms with E-state index in [0.29, 0.717) is 12.2 Å². The normalized spacial score (nSPS) is 16.5. The van der Waals surface area contributed by atoms with Crippen molar-refractivity contribution in [3.63, 3.8) is 0 Å². The first-order valence-corrected chi connectivity index (χ1v) is 11.9. The second-order valence-electron chi connectivity index (χ2n) is 10.4. The Morgan fingerprint density at radius 1 is 1.03 bits per heavy atom. The van der Waals surface area contributed by atoms with Gasteiger partial charge in [0.1, 0.15) is 5.78 Å². The lowest BCUT2D eigenvalue weighted by molar-refractivity contribution is -0.120. The van der Waals surface area contributed by atoms with Gasteiger partial charge in [-0.1, -0.05) is 46.2 Å². The van der Waals surface area contributed by atoms with E-state index in [1.165, 1.54) is 29.4 Å². The third-order valence-corrected chi connectivity index (χ3v) is 7.04. The van der Waals surface area contributed by atoms with Crippen LogP contribution in [0.4, 0.5) is 0 Å². The fourth-order valence-electron chi connectivity index (χ4n) is 5.01. The van der Waals surface area contributed by atoms with Crippen LogP contribution in [0.15, 0.2) is 42.5 Å². The minimum absolute atomic E-state index is 0.0835. The molecule has 5 rings (SSSR count). The molecule has 1 aromatic heterocycles. The van der Waals surface area contributed by atoms with E-state index in [1.807, 2.05) is 18.2 Å². The van der Waals surface area contributed by atoms with Crippen molar-refractivity contribution in [1.29, 1.82) is 0 Å². The lowest BCUT2D eigenvalue weighted by Gasteiger charge is -2.22. The largest absolute Gasteiger partial charge is 0.454 e. The smallest absolute Gasteiger partial charge is 0.231 e. The Morgan fingerprint density at radius 2 is 1.81 bits per heavy atom. The number of rotatable bonds is 7. The number of carbonyl (C=O) groups is 1. The van der Waals surface area contributed by atoms with E-state index in [9.17, 15) is 4.79 Å². The summed E-state index contributed by atoms with van der Waals surface area (Å²) in [6.45, 7) is 10.4. The molecule has 1 fully saturated rings. The van der Waals surface area contributed by atoms with Crippen LogP contribution < -0.4 is 9.47 Å². The summed E-state index contributed by atoms with van der Waals surface area (Å²) in [6.07, 6.45) is 4.64. The van der Waals surface area contributed by atoms with Gasteiger partial charge < -0.3 is 14.0 Å². The Bertz CT molecular complexity index is 1180. The highest BCUT2D eigenvalue weighted by Gasteiger charge is 2.50. The van der Waals surface area contributed by atoms with Crippen molar-refractivity contribution in [1.82, 2.24) is 4.57 Å². The maximum Gasteiger partial charge on any atom is 0.231 e. The monoisotopic (exact) mass is 431 g/mol. The molecule has 1 aliphatic carbocycles. The highest BCUT2D eigenvalue weighted by molar-refractivity contribution is 5.95. The van der Waals surface area contributed by atoms with E-state index in [-0.39, 0.29) is 17.6 Å². The number of aryl methyl sites for hydroxylation is 1. The number of nitrogens with zero attached hydrogens (tertiary/aromatic N) is 1. The molecular formula is C28H33NO3. The summed E-state index contributed by atoms with van der Waals surface area (Å²) < 4.78 is 13.4. The minimum atomic E-state index is -0.362. The summed E-state index contributed by atoms with van der Waals surface area (Å²) in [5.74, 6) is 1.83. The molecule has 2 aromatic carbocycles. The molecule has 0 unspecified atom stereocenters. The number of fused-ring (bicyclic) bond motifs is 2. The minimum Gasteiger partial charge on any atom is -0.454 e. The average Bonchev–Trinajstić information content (AvgIpc) is 3.29. The summed E-state index contributed by atoms with van der Waals surface area (Å²) in [6, 6.07) is 14.9. The van der Waals surface area contributed by atoms with Gasteiger partial charge in [0, 0.05) is 35.0 Å². The molecule has 2 heterocycles. The van der Waals surface area contributed by atoms with E-state index in [2.05, 4.69) is 56.5 Å². The molecule has 0 spiro atoms. The van der Waals surface area contributed by atoms with Gasteiger partial charge in [0.15, 0.2) is 11.5 Å². The molecule has 2 aliphatic rings. The number of aromatic nitrogens is 1. The van der Waals surface area contributed by atoms with E-state index in [1.54, 1.807) is 0 Å². The lowest BCUT2D eigenvalue weighted by Crippen LogP contribution is -2.22. The molecule has 0 atom stereocenters. The average molecular weight is 432 g/mol. The highest BCUT2D eigenvalue weighted by atomic mass is 16.7. The molecule has 3 aromatic rings. The number of carbonyl (C=O) groups excluding carboxylic acids is 1. The molecule has 32 heavy (non-hydrogen) atoms. The molecule has 0 bridgehead atoms.